The summed E-state index contributed by atoms with van der Waals surface area (Å²) in [6.07, 6.45) is 3.19. The number of hydrogen-bond acceptors (Lipinski definition) is 3. The van der Waals surface area contributed by atoms with E-state index in [2.05, 4.69) is 4.98 Å². The summed E-state index contributed by atoms with van der Waals surface area (Å²) in [5, 5.41) is 0. The maximum Gasteiger partial charge on any atom is 0.212 e. The number of nitrogens with zero attached hydrogens (tertiary/aromatic N) is 1. The molecule has 0 bridgehead atoms. The molecule has 24 heavy (non-hydrogen) atoms. The van der Waals surface area contributed by atoms with Gasteiger partial charge in [0.25, 0.3) is 0 Å². The highest BCUT2D eigenvalue weighted by Crippen LogP contribution is 2.24. The molecule has 118 valence electrons. The van der Waals surface area contributed by atoms with Gasteiger partial charge in [-0.3, -0.25) is 4.79 Å². The fraction of sp³-hybridized carbons (Fsp3) is 0.0476. The molecule has 0 saturated carbocycles. The monoisotopic (exact) mass is 315 g/mol. The Morgan fingerprint density at radius 3 is 1.88 bits per heavy atom. The quantitative estimate of drug-likeness (QED) is 0.517. The number of hydrogen-bond donors (Lipinski definition) is 0. The number of methoxy groups -OCH3 is 1. The molecular formula is C21H17NO2. The van der Waals surface area contributed by atoms with Crippen LogP contribution in [-0.2, 0) is 0 Å². The Labute approximate surface area is 141 Å². The van der Waals surface area contributed by atoms with Crippen molar-refractivity contribution in [3.05, 3.63) is 102 Å². The molecule has 0 aliphatic rings. The van der Waals surface area contributed by atoms with Gasteiger partial charge in [0, 0.05) is 17.8 Å². The summed E-state index contributed by atoms with van der Waals surface area (Å²) in [7, 11) is 1.55. The van der Waals surface area contributed by atoms with Crippen LogP contribution in [0.15, 0.2) is 85.1 Å². The van der Waals surface area contributed by atoms with Crippen LogP contribution in [0.4, 0.5) is 0 Å². The van der Waals surface area contributed by atoms with Crippen molar-refractivity contribution in [1.82, 2.24) is 4.98 Å². The lowest BCUT2D eigenvalue weighted by molar-refractivity contribution is 0.104. The summed E-state index contributed by atoms with van der Waals surface area (Å²) in [5.74, 6) is 0.398. The molecule has 2 aromatic carbocycles. The van der Waals surface area contributed by atoms with E-state index in [1.807, 2.05) is 60.7 Å². The first-order valence-electron chi connectivity index (χ1n) is 7.65. The average molecular weight is 315 g/mol. The Morgan fingerprint density at radius 2 is 1.42 bits per heavy atom. The molecule has 0 radical (unpaired) electrons. The molecule has 0 aliphatic carbocycles. The summed E-state index contributed by atoms with van der Waals surface area (Å²) in [6, 6.07) is 23.2. The van der Waals surface area contributed by atoms with Crippen molar-refractivity contribution in [3.63, 3.8) is 0 Å². The van der Waals surface area contributed by atoms with Gasteiger partial charge in [-0.25, -0.2) is 4.98 Å². The maximum absolute atomic E-state index is 12.6. The number of allylic oxidation sites excluding steroid dienone is 1. The molecule has 3 heteroatoms. The molecule has 0 atom stereocenters. The van der Waals surface area contributed by atoms with Crippen LogP contribution in [0.25, 0.3) is 5.57 Å². The zero-order valence-electron chi connectivity index (χ0n) is 13.3. The molecule has 0 N–H and O–H groups in total. The standard InChI is InChI=1S/C21H17NO2/c1-24-21-13-12-18(15-22-21)20(23)14-19(16-8-4-2-5-9-16)17-10-6-3-7-11-17/h2-15H,1H3. The van der Waals surface area contributed by atoms with E-state index in [4.69, 9.17) is 4.74 Å². The molecule has 0 spiro atoms. The van der Waals surface area contributed by atoms with Crippen LogP contribution in [0.3, 0.4) is 0 Å². The van der Waals surface area contributed by atoms with Gasteiger partial charge < -0.3 is 4.74 Å². The number of ketones is 1. The average Bonchev–Trinajstić information content (AvgIpc) is 2.67. The topological polar surface area (TPSA) is 39.2 Å². The highest BCUT2D eigenvalue weighted by Gasteiger charge is 2.10. The van der Waals surface area contributed by atoms with Crippen molar-refractivity contribution in [3.8, 4) is 5.88 Å². The summed E-state index contributed by atoms with van der Waals surface area (Å²) < 4.78 is 5.03. The second kappa shape index (κ2) is 7.38. The largest absolute Gasteiger partial charge is 0.481 e. The summed E-state index contributed by atoms with van der Waals surface area (Å²) in [4.78, 5) is 16.7. The lowest BCUT2D eigenvalue weighted by Gasteiger charge is -2.08. The van der Waals surface area contributed by atoms with Crippen molar-refractivity contribution in [1.29, 1.82) is 0 Å². The highest BCUT2D eigenvalue weighted by molar-refractivity contribution is 6.10. The lowest BCUT2D eigenvalue weighted by Crippen LogP contribution is -1.99. The van der Waals surface area contributed by atoms with Crippen molar-refractivity contribution >= 4 is 11.4 Å². The molecule has 3 aromatic rings. The van der Waals surface area contributed by atoms with Crippen LogP contribution in [0.5, 0.6) is 5.88 Å². The predicted molar refractivity (Wildman–Crippen MR) is 95.1 cm³/mol. The number of aromatic nitrogens is 1. The van der Waals surface area contributed by atoms with Crippen LogP contribution >= 0.6 is 0 Å². The van der Waals surface area contributed by atoms with Crippen LogP contribution in [-0.4, -0.2) is 17.9 Å². The lowest BCUT2D eigenvalue weighted by atomic mass is 9.96. The van der Waals surface area contributed by atoms with E-state index in [9.17, 15) is 4.79 Å². The summed E-state index contributed by atoms with van der Waals surface area (Å²) >= 11 is 0. The van der Waals surface area contributed by atoms with E-state index in [0.717, 1.165) is 16.7 Å². The van der Waals surface area contributed by atoms with Crippen molar-refractivity contribution in [2.45, 2.75) is 0 Å². The van der Waals surface area contributed by atoms with E-state index < -0.39 is 0 Å². The second-order valence-electron chi connectivity index (χ2n) is 5.24. The minimum Gasteiger partial charge on any atom is -0.481 e. The number of carbonyl (C=O) groups excluding carboxylic acids is 1. The van der Waals surface area contributed by atoms with E-state index >= 15 is 0 Å². The normalized spacial score (nSPS) is 10.0. The number of rotatable bonds is 5. The second-order valence-corrected chi connectivity index (χ2v) is 5.24. The fourth-order valence-electron chi connectivity index (χ4n) is 2.43. The third kappa shape index (κ3) is 3.58. The molecule has 3 nitrogen and oxygen atoms in total. The Balaban J connectivity index is 2.01. The number of pyridine rings is 1. The Bertz CT molecular complexity index is 797. The van der Waals surface area contributed by atoms with Gasteiger partial charge in [0.2, 0.25) is 5.88 Å². The van der Waals surface area contributed by atoms with E-state index in [-0.39, 0.29) is 5.78 Å². The molecule has 0 amide bonds. The van der Waals surface area contributed by atoms with Gasteiger partial charge in [-0.2, -0.15) is 0 Å². The van der Waals surface area contributed by atoms with Crippen LogP contribution in [0.1, 0.15) is 21.5 Å². The number of benzene rings is 2. The molecule has 0 unspecified atom stereocenters. The van der Waals surface area contributed by atoms with E-state index in [1.165, 1.54) is 6.20 Å². The molecule has 0 fully saturated rings. The smallest absolute Gasteiger partial charge is 0.212 e. The van der Waals surface area contributed by atoms with E-state index in [1.54, 1.807) is 25.3 Å². The predicted octanol–water partition coefficient (Wildman–Crippen LogP) is 4.40. The van der Waals surface area contributed by atoms with Crippen LogP contribution < -0.4 is 4.74 Å². The molecular weight excluding hydrogens is 298 g/mol. The Morgan fingerprint density at radius 1 is 0.833 bits per heavy atom. The molecule has 1 aromatic heterocycles. The Kier molecular flexibility index (Phi) is 4.82. The van der Waals surface area contributed by atoms with Gasteiger partial charge in [0.15, 0.2) is 5.78 Å². The maximum atomic E-state index is 12.6. The number of ether oxygens (including phenoxy) is 1. The summed E-state index contributed by atoms with van der Waals surface area (Å²) in [5.41, 5.74) is 3.41. The first-order chi connectivity index (χ1) is 11.8. The minimum atomic E-state index is -0.0899. The molecule has 0 aliphatic heterocycles. The highest BCUT2D eigenvalue weighted by atomic mass is 16.5. The third-order valence-electron chi connectivity index (χ3n) is 3.68. The van der Waals surface area contributed by atoms with Gasteiger partial charge in [-0.05, 0) is 28.8 Å². The molecule has 0 saturated heterocycles. The zero-order valence-corrected chi connectivity index (χ0v) is 13.3. The summed E-state index contributed by atoms with van der Waals surface area (Å²) in [6.45, 7) is 0. The molecule has 3 rings (SSSR count). The van der Waals surface area contributed by atoms with E-state index in [0.29, 0.717) is 11.4 Å². The first kappa shape index (κ1) is 15.7. The van der Waals surface area contributed by atoms with Crippen molar-refractivity contribution in [2.24, 2.45) is 0 Å². The van der Waals surface area contributed by atoms with Gasteiger partial charge in [0.05, 0.1) is 7.11 Å². The van der Waals surface area contributed by atoms with Gasteiger partial charge in [-0.1, -0.05) is 60.7 Å². The zero-order chi connectivity index (χ0) is 16.8. The third-order valence-corrected chi connectivity index (χ3v) is 3.68. The van der Waals surface area contributed by atoms with Gasteiger partial charge in [-0.15, -0.1) is 0 Å². The molecule has 1 heterocycles. The number of carbonyl (C=O) groups is 1. The van der Waals surface area contributed by atoms with Crippen molar-refractivity contribution in [2.75, 3.05) is 7.11 Å². The first-order valence-corrected chi connectivity index (χ1v) is 7.65. The minimum absolute atomic E-state index is 0.0899. The van der Waals surface area contributed by atoms with Crippen LogP contribution in [0, 0.1) is 0 Å². The fourth-order valence-corrected chi connectivity index (χ4v) is 2.43. The van der Waals surface area contributed by atoms with Crippen molar-refractivity contribution < 1.29 is 9.53 Å². The van der Waals surface area contributed by atoms with Crippen LogP contribution in [0.2, 0.25) is 0 Å². The Hall–Kier alpha value is -3.20. The van der Waals surface area contributed by atoms with Gasteiger partial charge in [0.1, 0.15) is 0 Å². The SMILES string of the molecule is COc1ccc(C(=O)C=C(c2ccccc2)c2ccccc2)cn1. The van der Waals surface area contributed by atoms with Gasteiger partial charge >= 0.3 is 0 Å².